The van der Waals surface area contributed by atoms with E-state index in [9.17, 15) is 21.6 Å². The number of halogens is 1. The van der Waals surface area contributed by atoms with E-state index in [0.717, 1.165) is 0 Å². The first-order chi connectivity index (χ1) is 4.77. The molecule has 0 radical (unpaired) electrons. The van der Waals surface area contributed by atoms with Crippen molar-refractivity contribution in [3.63, 3.8) is 0 Å². The second-order valence-corrected chi connectivity index (χ2v) is 4.57. The van der Waals surface area contributed by atoms with Gasteiger partial charge < -0.3 is 0 Å². The Morgan fingerprint density at radius 3 is 2.00 bits per heavy atom. The zero-order valence-corrected chi connectivity index (χ0v) is 6.98. The van der Waals surface area contributed by atoms with Gasteiger partial charge in [0, 0.05) is 0 Å². The zero-order valence-electron chi connectivity index (χ0n) is 4.59. The number of carbonyl (C=O) groups excluding carboxylic acids is 1. The third-order valence-electron chi connectivity index (χ3n) is 0.316. The van der Waals surface area contributed by atoms with Gasteiger partial charge >= 0.3 is 19.6 Å². The van der Waals surface area contributed by atoms with Crippen molar-refractivity contribution in [3.8, 4) is 0 Å². The Morgan fingerprint density at radius 1 is 1.27 bits per heavy atom. The van der Waals surface area contributed by atoms with Crippen LogP contribution >= 0.6 is 10.7 Å². The van der Waals surface area contributed by atoms with Gasteiger partial charge in [0.25, 0.3) is 6.08 Å². The van der Waals surface area contributed by atoms with E-state index in [-0.39, 0.29) is 0 Å². The highest BCUT2D eigenvalue weighted by Crippen LogP contribution is 2.05. The topological polar surface area (TPSA) is 107 Å². The number of nitrogens with zero attached hydrogens (tertiary/aromatic N) is 1. The van der Waals surface area contributed by atoms with E-state index in [0.29, 0.717) is 6.08 Å². The van der Waals surface area contributed by atoms with Crippen LogP contribution in [0.4, 0.5) is 0 Å². The Labute approximate surface area is 66.5 Å². The quantitative estimate of drug-likeness (QED) is 0.346. The Hall–Kier alpha value is -0.470. The van der Waals surface area contributed by atoms with Gasteiger partial charge in [-0.15, -0.1) is 3.63 Å². The van der Waals surface area contributed by atoms with Crippen LogP contribution in [0.2, 0.25) is 0 Å². The summed E-state index contributed by atoms with van der Waals surface area (Å²) in [5, 5.41) is 0. The zero-order chi connectivity index (χ0) is 9.12. The fraction of sp³-hybridized carbons (Fsp3) is 0. The Bertz CT molecular complexity index is 371. The molecule has 0 amide bonds. The molecule has 0 aliphatic rings. The molecular formula is CClNO6S2. The van der Waals surface area contributed by atoms with Crippen LogP contribution in [0.15, 0.2) is 4.40 Å². The summed E-state index contributed by atoms with van der Waals surface area (Å²) in [5.74, 6) is 0. The van der Waals surface area contributed by atoms with E-state index < -0.39 is 19.6 Å². The van der Waals surface area contributed by atoms with Crippen LogP contribution in [0.3, 0.4) is 0 Å². The summed E-state index contributed by atoms with van der Waals surface area (Å²) in [6.45, 7) is 0. The largest absolute Gasteiger partial charge is 0.406 e. The van der Waals surface area contributed by atoms with E-state index >= 15 is 0 Å². The van der Waals surface area contributed by atoms with Crippen molar-refractivity contribution in [1.29, 1.82) is 0 Å². The maximum Gasteiger partial charge on any atom is 0.406 e. The van der Waals surface area contributed by atoms with Crippen molar-refractivity contribution in [3.05, 3.63) is 0 Å². The van der Waals surface area contributed by atoms with Crippen LogP contribution in [0.1, 0.15) is 0 Å². The fourth-order valence-corrected chi connectivity index (χ4v) is 1.78. The molecule has 0 aromatic heterocycles. The third-order valence-corrected chi connectivity index (χ3v) is 2.42. The molecule has 11 heavy (non-hydrogen) atoms. The summed E-state index contributed by atoms with van der Waals surface area (Å²) in [4.78, 5) is 9.32. The number of hydrogen-bond acceptors (Lipinski definition) is 6. The van der Waals surface area contributed by atoms with Gasteiger partial charge in [-0.2, -0.15) is 16.8 Å². The summed E-state index contributed by atoms with van der Waals surface area (Å²) in [6.07, 6.45) is 0.570. The molecule has 0 bridgehead atoms. The smallest absolute Gasteiger partial charge is 0.210 e. The van der Waals surface area contributed by atoms with Crippen molar-refractivity contribution < 1.29 is 25.3 Å². The highest BCUT2D eigenvalue weighted by atomic mass is 35.7. The van der Waals surface area contributed by atoms with Crippen LogP contribution in [0.25, 0.3) is 0 Å². The second-order valence-electron chi connectivity index (χ2n) is 1.07. The molecule has 0 heterocycles. The molecule has 0 aliphatic carbocycles. The second kappa shape index (κ2) is 3.28. The van der Waals surface area contributed by atoms with Gasteiger partial charge in [0.1, 0.15) is 0 Å². The lowest BCUT2D eigenvalue weighted by atomic mass is 11.7. The molecular weight excluding hydrogens is 222 g/mol. The molecule has 0 aliphatic heterocycles. The average Bonchev–Trinajstić information content (AvgIpc) is 1.55. The molecule has 10 heteroatoms. The van der Waals surface area contributed by atoms with Gasteiger partial charge in [-0.05, 0) is 0 Å². The lowest BCUT2D eigenvalue weighted by Gasteiger charge is -1.89. The Kier molecular flexibility index (Phi) is 3.14. The van der Waals surface area contributed by atoms with Crippen LogP contribution in [0.5, 0.6) is 0 Å². The lowest BCUT2D eigenvalue weighted by molar-refractivity contribution is 0.474. The highest BCUT2D eigenvalue weighted by molar-refractivity contribution is 8.14. The van der Waals surface area contributed by atoms with Crippen LogP contribution < -0.4 is 0 Å². The predicted octanol–water partition coefficient (Wildman–Crippen LogP) is -0.933. The van der Waals surface area contributed by atoms with Crippen molar-refractivity contribution >= 4 is 36.4 Å². The number of hydrogen-bond donors (Lipinski definition) is 0. The molecule has 0 N–H and O–H groups in total. The average molecular weight is 222 g/mol. The molecule has 0 saturated carbocycles. The highest BCUT2D eigenvalue weighted by Gasteiger charge is 2.18. The van der Waals surface area contributed by atoms with E-state index in [1.54, 1.807) is 0 Å². The number of isocyanates is 1. The van der Waals surface area contributed by atoms with E-state index in [1.807, 2.05) is 4.40 Å². The van der Waals surface area contributed by atoms with Gasteiger partial charge in [0.15, 0.2) is 0 Å². The molecule has 0 aromatic carbocycles. The van der Waals surface area contributed by atoms with Crippen LogP contribution in [-0.4, -0.2) is 22.9 Å². The first-order valence-electron chi connectivity index (χ1n) is 1.76. The summed E-state index contributed by atoms with van der Waals surface area (Å²) >= 11 is 0. The standard InChI is InChI=1S/CClNO6S2/c2-10(5,6)9-11(7,8)3-1-4. The summed E-state index contributed by atoms with van der Waals surface area (Å²) in [7, 11) is -5.17. The van der Waals surface area contributed by atoms with Gasteiger partial charge in [0.2, 0.25) is 0 Å². The Balaban J connectivity index is 4.81. The Morgan fingerprint density at radius 2 is 1.73 bits per heavy atom. The first-order valence-corrected chi connectivity index (χ1v) is 5.36. The molecule has 0 unspecified atom stereocenters. The van der Waals surface area contributed by atoms with Crippen LogP contribution in [-0.2, 0) is 28.1 Å². The lowest BCUT2D eigenvalue weighted by Crippen LogP contribution is -2.05. The van der Waals surface area contributed by atoms with Gasteiger partial charge in [0.05, 0.1) is 10.7 Å². The van der Waals surface area contributed by atoms with Gasteiger partial charge in [-0.25, -0.2) is 4.79 Å². The van der Waals surface area contributed by atoms with E-state index in [2.05, 4.69) is 14.3 Å². The summed E-state index contributed by atoms with van der Waals surface area (Å²) < 4.78 is 45.2. The van der Waals surface area contributed by atoms with E-state index in [1.165, 1.54) is 0 Å². The molecule has 0 atom stereocenters. The SMILES string of the molecule is O=C=NS(=O)(=O)OS(=O)(=O)Cl. The van der Waals surface area contributed by atoms with Crippen molar-refractivity contribution in [2.24, 2.45) is 4.40 Å². The third kappa shape index (κ3) is 5.95. The molecule has 0 aromatic rings. The van der Waals surface area contributed by atoms with Crippen molar-refractivity contribution in [2.75, 3.05) is 0 Å². The number of rotatable bonds is 3. The van der Waals surface area contributed by atoms with Crippen molar-refractivity contribution in [1.82, 2.24) is 0 Å². The maximum absolute atomic E-state index is 10.1. The van der Waals surface area contributed by atoms with E-state index in [4.69, 9.17) is 0 Å². The minimum absolute atomic E-state index is 0.570. The minimum Gasteiger partial charge on any atom is -0.210 e. The molecule has 0 spiro atoms. The monoisotopic (exact) mass is 221 g/mol. The van der Waals surface area contributed by atoms with Crippen molar-refractivity contribution in [2.45, 2.75) is 0 Å². The minimum atomic E-state index is -4.81. The maximum atomic E-state index is 10.1. The molecule has 0 rings (SSSR count). The normalized spacial score (nSPS) is 12.1. The predicted molar refractivity (Wildman–Crippen MR) is 32.9 cm³/mol. The van der Waals surface area contributed by atoms with Crippen LogP contribution in [0, 0.1) is 0 Å². The molecule has 0 fully saturated rings. The molecule has 0 saturated heterocycles. The van der Waals surface area contributed by atoms with Gasteiger partial charge in [-0.3, -0.25) is 0 Å². The summed E-state index contributed by atoms with van der Waals surface area (Å²) in [6, 6.07) is 0. The van der Waals surface area contributed by atoms with Gasteiger partial charge in [-0.1, -0.05) is 4.40 Å². The fourth-order valence-electron chi connectivity index (χ4n) is 0.164. The molecule has 64 valence electrons. The molecule has 7 nitrogen and oxygen atoms in total. The first kappa shape index (κ1) is 10.5. The summed E-state index contributed by atoms with van der Waals surface area (Å²) in [5.41, 5.74) is 0.